The summed E-state index contributed by atoms with van der Waals surface area (Å²) in [5.41, 5.74) is 2.55. The second-order valence-corrected chi connectivity index (χ2v) is 4.79. The molecule has 0 aliphatic carbocycles. The molecule has 1 aromatic heterocycles. The van der Waals surface area contributed by atoms with Gasteiger partial charge in [-0.25, -0.2) is 0 Å². The van der Waals surface area contributed by atoms with Crippen molar-refractivity contribution in [3.05, 3.63) is 36.0 Å². The predicted molar refractivity (Wildman–Crippen MR) is 70.4 cm³/mol. The van der Waals surface area contributed by atoms with Crippen LogP contribution in [0, 0.1) is 5.92 Å². The number of hydrogen-bond acceptors (Lipinski definition) is 2. The molecule has 0 amide bonds. The van der Waals surface area contributed by atoms with E-state index in [1.165, 1.54) is 16.6 Å². The fourth-order valence-electron chi connectivity index (χ4n) is 2.78. The zero-order valence-corrected chi connectivity index (χ0v) is 10.6. The third-order valence-electron chi connectivity index (χ3n) is 3.67. The van der Waals surface area contributed by atoms with Gasteiger partial charge in [0.15, 0.2) is 0 Å². The highest BCUT2D eigenvalue weighted by atomic mass is 16.5. The molecule has 3 heteroatoms. The van der Waals surface area contributed by atoms with Gasteiger partial charge in [-0.2, -0.15) is 0 Å². The first-order valence-electron chi connectivity index (χ1n) is 6.53. The highest BCUT2D eigenvalue weighted by molar-refractivity contribution is 5.82. The van der Waals surface area contributed by atoms with E-state index in [0.29, 0.717) is 6.61 Å². The summed E-state index contributed by atoms with van der Waals surface area (Å²) in [6.07, 6.45) is 1.85. The molecule has 2 aromatic rings. The van der Waals surface area contributed by atoms with Crippen LogP contribution in [0.2, 0.25) is 0 Å². The number of carbonyl (C=O) groups is 1. The number of ether oxygens (including phenoxy) is 1. The molecule has 94 valence electrons. The van der Waals surface area contributed by atoms with Crippen molar-refractivity contribution in [2.45, 2.75) is 26.3 Å². The molecule has 18 heavy (non-hydrogen) atoms. The van der Waals surface area contributed by atoms with Crippen LogP contribution in [-0.4, -0.2) is 17.1 Å². The SMILES string of the molecule is CCOC(=O)C1CCc2cc3ccccc3n2C1. The van der Waals surface area contributed by atoms with Gasteiger partial charge in [0, 0.05) is 17.8 Å². The smallest absolute Gasteiger partial charge is 0.310 e. The van der Waals surface area contributed by atoms with Crippen molar-refractivity contribution in [3.8, 4) is 0 Å². The first-order valence-corrected chi connectivity index (χ1v) is 6.53. The number of aromatic nitrogens is 1. The van der Waals surface area contributed by atoms with Gasteiger partial charge in [-0.3, -0.25) is 4.79 Å². The summed E-state index contributed by atoms with van der Waals surface area (Å²) >= 11 is 0. The number of hydrogen-bond donors (Lipinski definition) is 0. The van der Waals surface area contributed by atoms with Crippen LogP contribution in [0.3, 0.4) is 0 Å². The van der Waals surface area contributed by atoms with Crippen molar-refractivity contribution < 1.29 is 9.53 Å². The summed E-state index contributed by atoms with van der Waals surface area (Å²) in [6.45, 7) is 3.08. The molecule has 0 bridgehead atoms. The summed E-state index contributed by atoms with van der Waals surface area (Å²) in [5, 5.41) is 1.26. The lowest BCUT2D eigenvalue weighted by molar-refractivity contribution is -0.149. The van der Waals surface area contributed by atoms with E-state index in [-0.39, 0.29) is 11.9 Å². The standard InChI is InChI=1S/C15H17NO2/c1-2-18-15(17)12-7-8-13-9-11-5-3-4-6-14(11)16(13)10-12/h3-6,9,12H,2,7-8,10H2,1H3. The molecule has 1 unspecified atom stereocenters. The fraction of sp³-hybridized carbons (Fsp3) is 0.400. The van der Waals surface area contributed by atoms with Crippen molar-refractivity contribution >= 4 is 16.9 Å². The van der Waals surface area contributed by atoms with Gasteiger partial charge in [-0.05, 0) is 37.3 Å². The number of carbonyl (C=O) groups excluding carboxylic acids is 1. The van der Waals surface area contributed by atoms with Crippen LogP contribution < -0.4 is 0 Å². The van der Waals surface area contributed by atoms with Crippen LogP contribution >= 0.6 is 0 Å². The van der Waals surface area contributed by atoms with Crippen molar-refractivity contribution in [2.24, 2.45) is 5.92 Å². The van der Waals surface area contributed by atoms with E-state index in [2.05, 4.69) is 28.8 Å². The minimum atomic E-state index is -0.0547. The molecule has 1 atom stereocenters. The largest absolute Gasteiger partial charge is 0.466 e. The third-order valence-corrected chi connectivity index (χ3v) is 3.67. The molecule has 0 radical (unpaired) electrons. The Labute approximate surface area is 106 Å². The first kappa shape index (κ1) is 11.3. The van der Waals surface area contributed by atoms with E-state index in [1.807, 2.05) is 13.0 Å². The Morgan fingerprint density at radius 3 is 3.11 bits per heavy atom. The maximum atomic E-state index is 11.8. The lowest BCUT2D eigenvalue weighted by atomic mass is 9.98. The van der Waals surface area contributed by atoms with Crippen LogP contribution in [0.15, 0.2) is 30.3 Å². The van der Waals surface area contributed by atoms with E-state index < -0.39 is 0 Å². The number of esters is 1. The molecular weight excluding hydrogens is 226 g/mol. The van der Waals surface area contributed by atoms with Gasteiger partial charge in [-0.1, -0.05) is 18.2 Å². The molecule has 0 N–H and O–H groups in total. The van der Waals surface area contributed by atoms with Gasteiger partial charge in [0.05, 0.1) is 12.5 Å². The van der Waals surface area contributed by atoms with E-state index >= 15 is 0 Å². The molecule has 0 fully saturated rings. The highest BCUT2D eigenvalue weighted by Gasteiger charge is 2.26. The van der Waals surface area contributed by atoms with Crippen LogP contribution in [0.5, 0.6) is 0 Å². The van der Waals surface area contributed by atoms with Gasteiger partial charge in [0.1, 0.15) is 0 Å². The Hall–Kier alpha value is -1.77. The van der Waals surface area contributed by atoms with E-state index in [9.17, 15) is 4.79 Å². The molecule has 3 nitrogen and oxygen atoms in total. The van der Waals surface area contributed by atoms with Gasteiger partial charge in [-0.15, -0.1) is 0 Å². The fourth-order valence-corrected chi connectivity index (χ4v) is 2.78. The van der Waals surface area contributed by atoms with Crippen LogP contribution in [0.1, 0.15) is 19.0 Å². The molecule has 2 heterocycles. The predicted octanol–water partition coefficient (Wildman–Crippen LogP) is 2.77. The number of nitrogens with zero attached hydrogens (tertiary/aromatic N) is 1. The average Bonchev–Trinajstić information content (AvgIpc) is 2.76. The van der Waals surface area contributed by atoms with Crippen LogP contribution in [-0.2, 0) is 22.5 Å². The first-order chi connectivity index (χ1) is 8.79. The summed E-state index contributed by atoms with van der Waals surface area (Å²) in [7, 11) is 0. The quantitative estimate of drug-likeness (QED) is 0.759. The Morgan fingerprint density at radius 2 is 2.28 bits per heavy atom. The molecule has 0 spiro atoms. The zero-order valence-electron chi connectivity index (χ0n) is 10.6. The maximum absolute atomic E-state index is 11.8. The molecule has 1 aliphatic heterocycles. The summed E-state index contributed by atoms with van der Waals surface area (Å²) in [4.78, 5) is 11.8. The van der Waals surface area contributed by atoms with Crippen molar-refractivity contribution in [3.63, 3.8) is 0 Å². The Balaban J connectivity index is 1.94. The summed E-state index contributed by atoms with van der Waals surface area (Å²) < 4.78 is 7.40. The van der Waals surface area contributed by atoms with Crippen LogP contribution in [0.4, 0.5) is 0 Å². The summed E-state index contributed by atoms with van der Waals surface area (Å²) in [6, 6.07) is 10.6. The highest BCUT2D eigenvalue weighted by Crippen LogP contribution is 2.28. The van der Waals surface area contributed by atoms with Gasteiger partial charge >= 0.3 is 5.97 Å². The van der Waals surface area contributed by atoms with Gasteiger partial charge in [0.2, 0.25) is 0 Å². The minimum absolute atomic E-state index is 0.00764. The zero-order chi connectivity index (χ0) is 12.5. The topological polar surface area (TPSA) is 31.2 Å². The van der Waals surface area contributed by atoms with Crippen molar-refractivity contribution in [2.75, 3.05) is 6.61 Å². The second-order valence-electron chi connectivity index (χ2n) is 4.79. The lowest BCUT2D eigenvalue weighted by Gasteiger charge is -2.23. The van der Waals surface area contributed by atoms with E-state index in [1.54, 1.807) is 0 Å². The van der Waals surface area contributed by atoms with Gasteiger partial charge < -0.3 is 9.30 Å². The van der Waals surface area contributed by atoms with Crippen molar-refractivity contribution in [1.29, 1.82) is 0 Å². The monoisotopic (exact) mass is 243 g/mol. The van der Waals surface area contributed by atoms with E-state index in [0.717, 1.165) is 19.4 Å². The lowest BCUT2D eigenvalue weighted by Crippen LogP contribution is -2.28. The van der Waals surface area contributed by atoms with Crippen molar-refractivity contribution in [1.82, 2.24) is 4.57 Å². The molecule has 3 rings (SSSR count). The number of rotatable bonds is 2. The van der Waals surface area contributed by atoms with Gasteiger partial charge in [0.25, 0.3) is 0 Å². The third kappa shape index (κ3) is 1.80. The Morgan fingerprint density at radius 1 is 1.44 bits per heavy atom. The Kier molecular flexibility index (Phi) is 2.82. The summed E-state index contributed by atoms with van der Waals surface area (Å²) in [5.74, 6) is -0.0470. The minimum Gasteiger partial charge on any atom is -0.466 e. The number of fused-ring (bicyclic) bond motifs is 3. The molecule has 0 saturated carbocycles. The maximum Gasteiger partial charge on any atom is 0.310 e. The second kappa shape index (κ2) is 4.48. The van der Waals surface area contributed by atoms with Crippen LogP contribution in [0.25, 0.3) is 10.9 Å². The molecular formula is C15H17NO2. The number of benzene rings is 1. The Bertz CT molecular complexity index is 585. The number of aryl methyl sites for hydroxylation is 1. The normalized spacial score (nSPS) is 18.6. The molecule has 1 aliphatic rings. The molecule has 0 saturated heterocycles. The van der Waals surface area contributed by atoms with E-state index in [4.69, 9.17) is 4.74 Å². The molecule has 1 aromatic carbocycles. The number of para-hydroxylation sites is 1. The average molecular weight is 243 g/mol.